The number of sulfonamides is 1. The van der Waals surface area contributed by atoms with Gasteiger partial charge in [0.05, 0.1) is 23.5 Å². The van der Waals surface area contributed by atoms with Crippen LogP contribution in [0.1, 0.15) is 18.1 Å². The van der Waals surface area contributed by atoms with Crippen molar-refractivity contribution in [3.63, 3.8) is 0 Å². The van der Waals surface area contributed by atoms with Crippen LogP contribution in [0.2, 0.25) is 0 Å². The van der Waals surface area contributed by atoms with Crippen molar-refractivity contribution in [1.29, 1.82) is 0 Å². The number of nitrogens with zero attached hydrogens (tertiary/aromatic N) is 1. The molecule has 1 N–H and O–H groups in total. The molecule has 2 aromatic rings. The molecule has 0 fully saturated rings. The highest BCUT2D eigenvalue weighted by molar-refractivity contribution is 7.92. The van der Waals surface area contributed by atoms with Crippen molar-refractivity contribution in [2.24, 2.45) is 0 Å². The first-order valence-electron chi connectivity index (χ1n) is 8.82. The predicted octanol–water partition coefficient (Wildman–Crippen LogP) is 2.94. The van der Waals surface area contributed by atoms with Gasteiger partial charge in [-0.2, -0.15) is 13.2 Å². The zero-order valence-corrected chi connectivity index (χ0v) is 16.3. The first kappa shape index (κ1) is 21.0. The molecular formula is C19H19F3N2O4S. The van der Waals surface area contributed by atoms with E-state index in [9.17, 15) is 26.4 Å². The number of ether oxygens (including phenoxy) is 1. The highest BCUT2D eigenvalue weighted by atomic mass is 32.2. The van der Waals surface area contributed by atoms with Crippen LogP contribution in [0.4, 0.5) is 18.9 Å². The van der Waals surface area contributed by atoms with Gasteiger partial charge in [0, 0.05) is 6.54 Å². The third-order valence-corrected chi connectivity index (χ3v) is 6.20. The molecule has 0 spiro atoms. The molecule has 1 aliphatic heterocycles. The molecule has 1 aliphatic rings. The number of fused-ring (bicyclic) bond motifs is 1. The number of nitrogens with one attached hydrogen (secondary N) is 1. The Bertz CT molecular complexity index is 1010. The van der Waals surface area contributed by atoms with Crippen LogP contribution in [-0.2, 0) is 27.5 Å². The molecule has 1 heterocycles. The minimum absolute atomic E-state index is 0.148. The molecule has 0 aromatic heterocycles. The third kappa shape index (κ3) is 4.64. The standard InChI is InChI=1S/C19H19F3N2O4S/c1-2-29(26,27)24-12-17(28-16-9-4-3-8-15(16)24)18(25)23-11-13-6-5-7-14(10-13)19(20,21)22/h3-10,17H,2,11-12H2,1H3,(H,23,25)/t17-/m1/s1. The topological polar surface area (TPSA) is 75.7 Å². The Hall–Kier alpha value is -2.75. The summed E-state index contributed by atoms with van der Waals surface area (Å²) in [7, 11) is -3.64. The number of hydrogen-bond donors (Lipinski definition) is 1. The molecule has 6 nitrogen and oxygen atoms in total. The van der Waals surface area contributed by atoms with E-state index >= 15 is 0 Å². The van der Waals surface area contributed by atoms with Crippen LogP contribution in [0.25, 0.3) is 0 Å². The summed E-state index contributed by atoms with van der Waals surface area (Å²) in [4.78, 5) is 12.5. The average Bonchev–Trinajstić information content (AvgIpc) is 2.70. The zero-order chi connectivity index (χ0) is 21.2. The normalized spacial score (nSPS) is 16.7. The lowest BCUT2D eigenvalue weighted by molar-refractivity contribution is -0.137. The fraction of sp³-hybridized carbons (Fsp3) is 0.316. The summed E-state index contributed by atoms with van der Waals surface area (Å²) in [6.07, 6.45) is -5.61. The number of alkyl halides is 3. The summed E-state index contributed by atoms with van der Waals surface area (Å²) in [5, 5.41) is 2.52. The summed E-state index contributed by atoms with van der Waals surface area (Å²) < 4.78 is 70.1. The van der Waals surface area contributed by atoms with Gasteiger partial charge in [0.15, 0.2) is 6.10 Å². The number of hydrogen-bond acceptors (Lipinski definition) is 4. The Kier molecular flexibility index (Phi) is 5.74. The van der Waals surface area contributed by atoms with Gasteiger partial charge in [0.2, 0.25) is 10.0 Å². The highest BCUT2D eigenvalue weighted by Gasteiger charge is 2.36. The number of para-hydroxylation sites is 2. The molecule has 0 saturated heterocycles. The van der Waals surface area contributed by atoms with Crippen LogP contribution in [0, 0.1) is 0 Å². The lowest BCUT2D eigenvalue weighted by Crippen LogP contribution is -2.50. The van der Waals surface area contributed by atoms with E-state index < -0.39 is 33.8 Å². The first-order chi connectivity index (χ1) is 13.6. The molecule has 0 unspecified atom stereocenters. The first-order valence-corrected chi connectivity index (χ1v) is 10.4. The number of anilines is 1. The minimum atomic E-state index is -4.48. The van der Waals surface area contributed by atoms with Crippen molar-refractivity contribution in [3.05, 3.63) is 59.7 Å². The molecule has 29 heavy (non-hydrogen) atoms. The predicted molar refractivity (Wildman–Crippen MR) is 101 cm³/mol. The van der Waals surface area contributed by atoms with Gasteiger partial charge in [-0.15, -0.1) is 0 Å². The van der Waals surface area contributed by atoms with Crippen molar-refractivity contribution in [3.8, 4) is 5.75 Å². The minimum Gasteiger partial charge on any atom is -0.476 e. The number of carbonyl (C=O) groups excluding carboxylic acids is 1. The average molecular weight is 428 g/mol. The van der Waals surface area contributed by atoms with Gasteiger partial charge < -0.3 is 10.1 Å². The molecule has 0 saturated carbocycles. The molecule has 1 amide bonds. The quantitative estimate of drug-likeness (QED) is 0.795. The Labute approximate surface area is 166 Å². The molecule has 1 atom stereocenters. The van der Waals surface area contributed by atoms with Gasteiger partial charge >= 0.3 is 6.18 Å². The van der Waals surface area contributed by atoms with Gasteiger partial charge in [-0.1, -0.05) is 24.3 Å². The van der Waals surface area contributed by atoms with E-state index in [2.05, 4.69) is 5.32 Å². The lowest BCUT2D eigenvalue weighted by atomic mass is 10.1. The second-order valence-electron chi connectivity index (χ2n) is 6.42. The number of rotatable bonds is 5. The van der Waals surface area contributed by atoms with Crippen LogP contribution >= 0.6 is 0 Å². The number of benzene rings is 2. The second kappa shape index (κ2) is 7.94. The largest absolute Gasteiger partial charge is 0.476 e. The van der Waals surface area contributed by atoms with Gasteiger partial charge in [0.1, 0.15) is 5.75 Å². The van der Waals surface area contributed by atoms with E-state index in [1.54, 1.807) is 24.3 Å². The van der Waals surface area contributed by atoms with E-state index in [0.717, 1.165) is 16.4 Å². The van der Waals surface area contributed by atoms with Crippen molar-refractivity contribution in [1.82, 2.24) is 5.32 Å². The maximum absolute atomic E-state index is 12.8. The van der Waals surface area contributed by atoms with Gasteiger partial charge in [-0.05, 0) is 36.8 Å². The van der Waals surface area contributed by atoms with Crippen LogP contribution < -0.4 is 14.4 Å². The fourth-order valence-electron chi connectivity index (χ4n) is 2.92. The molecule has 0 bridgehead atoms. The molecule has 156 valence electrons. The van der Waals surface area contributed by atoms with E-state index in [-0.39, 0.29) is 30.2 Å². The second-order valence-corrected chi connectivity index (χ2v) is 8.60. The highest BCUT2D eigenvalue weighted by Crippen LogP contribution is 2.35. The van der Waals surface area contributed by atoms with Crippen molar-refractivity contribution in [2.45, 2.75) is 25.7 Å². The monoisotopic (exact) mass is 428 g/mol. The van der Waals surface area contributed by atoms with E-state index in [1.807, 2.05) is 0 Å². The van der Waals surface area contributed by atoms with Crippen molar-refractivity contribution < 1.29 is 31.1 Å². The summed E-state index contributed by atoms with van der Waals surface area (Å²) >= 11 is 0. The van der Waals surface area contributed by atoms with Crippen LogP contribution in [0.3, 0.4) is 0 Å². The van der Waals surface area contributed by atoms with Gasteiger partial charge in [-0.25, -0.2) is 8.42 Å². The number of halogens is 3. The van der Waals surface area contributed by atoms with Crippen molar-refractivity contribution in [2.75, 3.05) is 16.6 Å². The molecular weight excluding hydrogens is 409 g/mol. The SMILES string of the molecule is CCS(=O)(=O)N1C[C@H](C(=O)NCc2cccc(C(F)(F)F)c2)Oc2ccccc21. The lowest BCUT2D eigenvalue weighted by Gasteiger charge is -2.34. The molecule has 0 radical (unpaired) electrons. The summed E-state index contributed by atoms with van der Waals surface area (Å²) in [5.41, 5.74) is -0.203. The van der Waals surface area contributed by atoms with Crippen LogP contribution in [-0.4, -0.2) is 32.7 Å². The van der Waals surface area contributed by atoms with E-state index in [1.165, 1.54) is 19.1 Å². The number of amides is 1. The Morgan fingerprint density at radius 3 is 2.62 bits per heavy atom. The summed E-state index contributed by atoms with van der Waals surface area (Å²) in [6, 6.07) is 11.1. The Morgan fingerprint density at radius 1 is 1.21 bits per heavy atom. The summed E-state index contributed by atoms with van der Waals surface area (Å²) in [5.74, 6) is -0.525. The maximum atomic E-state index is 12.8. The third-order valence-electron chi connectivity index (χ3n) is 4.45. The van der Waals surface area contributed by atoms with Crippen LogP contribution in [0.5, 0.6) is 5.75 Å². The van der Waals surface area contributed by atoms with Crippen molar-refractivity contribution >= 4 is 21.6 Å². The maximum Gasteiger partial charge on any atom is 0.416 e. The fourth-order valence-corrected chi connectivity index (χ4v) is 4.04. The van der Waals surface area contributed by atoms with Gasteiger partial charge in [0.25, 0.3) is 5.91 Å². The molecule has 2 aromatic carbocycles. The number of carbonyl (C=O) groups is 1. The Balaban J connectivity index is 1.75. The van der Waals surface area contributed by atoms with E-state index in [4.69, 9.17) is 4.74 Å². The molecule has 3 rings (SSSR count). The van der Waals surface area contributed by atoms with Crippen LogP contribution in [0.15, 0.2) is 48.5 Å². The smallest absolute Gasteiger partial charge is 0.416 e. The summed E-state index contributed by atoms with van der Waals surface area (Å²) in [6.45, 7) is 1.13. The molecule has 10 heteroatoms. The molecule has 0 aliphatic carbocycles. The Morgan fingerprint density at radius 2 is 1.93 bits per heavy atom. The van der Waals surface area contributed by atoms with Gasteiger partial charge in [-0.3, -0.25) is 9.10 Å². The van der Waals surface area contributed by atoms with E-state index in [0.29, 0.717) is 5.69 Å². The zero-order valence-electron chi connectivity index (χ0n) is 15.4.